The van der Waals surface area contributed by atoms with Gasteiger partial charge in [0.2, 0.25) is 0 Å². The highest BCUT2D eigenvalue weighted by atomic mass is 16.7. The molecule has 4 nitrogen and oxygen atoms in total. The second kappa shape index (κ2) is 2.71. The van der Waals surface area contributed by atoms with Crippen LogP contribution in [0, 0.1) is 0 Å². The minimum Gasteiger partial charge on any atom is -0.341 e. The first-order valence-corrected chi connectivity index (χ1v) is 3.73. The minimum absolute atomic E-state index is 0.0231. The van der Waals surface area contributed by atoms with E-state index in [1.54, 1.807) is 6.34 Å². The van der Waals surface area contributed by atoms with E-state index in [-0.39, 0.29) is 12.3 Å². The number of fused-ring (bicyclic) bond motifs is 1. The van der Waals surface area contributed by atoms with Gasteiger partial charge in [0.05, 0.1) is 5.71 Å². The molecule has 60 valence electrons. The maximum atomic E-state index is 5.29. The molecule has 2 aliphatic rings. The molecule has 0 amide bonds. The monoisotopic (exact) mass is 154 g/mol. The Morgan fingerprint density at radius 1 is 1.64 bits per heavy atom. The van der Waals surface area contributed by atoms with Gasteiger partial charge in [-0.05, 0) is 6.42 Å². The van der Waals surface area contributed by atoms with Crippen LogP contribution in [0.2, 0.25) is 0 Å². The van der Waals surface area contributed by atoms with E-state index in [4.69, 9.17) is 9.47 Å². The summed E-state index contributed by atoms with van der Waals surface area (Å²) in [6.45, 7) is 2.39. The zero-order valence-electron chi connectivity index (χ0n) is 6.36. The normalized spacial score (nSPS) is 35.2. The summed E-state index contributed by atoms with van der Waals surface area (Å²) in [6.07, 6.45) is 2.29. The van der Waals surface area contributed by atoms with Gasteiger partial charge in [0, 0.05) is 0 Å². The first-order valence-electron chi connectivity index (χ1n) is 3.73. The van der Waals surface area contributed by atoms with Gasteiger partial charge in [-0.3, -0.25) is 0 Å². The quantitative estimate of drug-likeness (QED) is 0.554. The Morgan fingerprint density at radius 2 is 2.55 bits per heavy atom. The minimum atomic E-state index is -0.137. The fourth-order valence-electron chi connectivity index (χ4n) is 1.27. The van der Waals surface area contributed by atoms with E-state index in [9.17, 15) is 0 Å². The predicted octanol–water partition coefficient (Wildman–Crippen LogP) is 0.578. The Labute approximate surface area is 64.9 Å². The molecule has 1 saturated heterocycles. The molecule has 2 atom stereocenters. The Bertz CT molecular complexity index is 212. The van der Waals surface area contributed by atoms with Crippen molar-refractivity contribution in [3.63, 3.8) is 0 Å². The lowest BCUT2D eigenvalue weighted by molar-refractivity contribution is 0.0463. The van der Waals surface area contributed by atoms with Crippen LogP contribution in [-0.2, 0) is 9.47 Å². The van der Waals surface area contributed by atoms with E-state index in [0.29, 0.717) is 6.79 Å². The van der Waals surface area contributed by atoms with Gasteiger partial charge >= 0.3 is 0 Å². The van der Waals surface area contributed by atoms with Crippen LogP contribution in [0.15, 0.2) is 9.98 Å². The molecule has 0 bridgehead atoms. The predicted molar refractivity (Wildman–Crippen MR) is 40.8 cm³/mol. The second-order valence-electron chi connectivity index (χ2n) is 2.50. The summed E-state index contributed by atoms with van der Waals surface area (Å²) in [5.74, 6) is 0. The van der Waals surface area contributed by atoms with Gasteiger partial charge < -0.3 is 9.47 Å². The fraction of sp³-hybridized carbons (Fsp3) is 0.714. The number of hydrogen-bond donors (Lipinski definition) is 0. The average Bonchev–Trinajstić information content (AvgIpc) is 2.50. The molecule has 0 aromatic heterocycles. The first kappa shape index (κ1) is 6.94. The molecule has 0 radical (unpaired) electrons. The molecule has 0 saturated carbocycles. The molecule has 0 spiro atoms. The molecule has 0 N–H and O–H groups in total. The Kier molecular flexibility index (Phi) is 1.71. The lowest BCUT2D eigenvalue weighted by atomic mass is 10.1. The third kappa shape index (κ3) is 1.08. The molecule has 0 aromatic rings. The molecular formula is C7H10N2O2. The van der Waals surface area contributed by atoms with E-state index < -0.39 is 0 Å². The van der Waals surface area contributed by atoms with E-state index >= 15 is 0 Å². The van der Waals surface area contributed by atoms with Gasteiger partial charge in [0.15, 0.2) is 13.0 Å². The maximum Gasteiger partial charge on any atom is 0.184 e. The molecule has 2 heterocycles. The highest BCUT2D eigenvalue weighted by Gasteiger charge is 2.33. The number of nitrogens with zero attached hydrogens (tertiary/aromatic N) is 2. The van der Waals surface area contributed by atoms with Crippen LogP contribution in [0.4, 0.5) is 0 Å². The molecule has 4 heteroatoms. The summed E-state index contributed by atoms with van der Waals surface area (Å²) in [5, 5.41) is 0. The van der Waals surface area contributed by atoms with Crippen molar-refractivity contribution in [2.24, 2.45) is 9.98 Å². The van der Waals surface area contributed by atoms with Gasteiger partial charge in [-0.2, -0.15) is 0 Å². The van der Waals surface area contributed by atoms with Gasteiger partial charge in [0.1, 0.15) is 12.4 Å². The van der Waals surface area contributed by atoms with Crippen molar-refractivity contribution < 1.29 is 9.47 Å². The lowest BCUT2D eigenvalue weighted by Gasteiger charge is -2.16. The zero-order chi connectivity index (χ0) is 7.68. The topological polar surface area (TPSA) is 43.2 Å². The lowest BCUT2D eigenvalue weighted by Crippen LogP contribution is -2.32. The molecule has 2 unspecified atom stereocenters. The summed E-state index contributed by atoms with van der Waals surface area (Å²) >= 11 is 0. The van der Waals surface area contributed by atoms with Crippen LogP contribution in [0.25, 0.3) is 0 Å². The number of aliphatic imine (C=N–C) groups is 2. The Balaban J connectivity index is 2.19. The summed E-state index contributed by atoms with van der Waals surface area (Å²) in [6, 6.07) is 0. The van der Waals surface area contributed by atoms with Crippen molar-refractivity contribution in [1.29, 1.82) is 0 Å². The van der Waals surface area contributed by atoms with Gasteiger partial charge in [-0.1, -0.05) is 6.92 Å². The number of hydrogen-bond acceptors (Lipinski definition) is 4. The Hall–Kier alpha value is -0.740. The SMILES string of the molecule is CCC1=NC=NC2OCOC12. The number of rotatable bonds is 1. The molecule has 2 aliphatic heterocycles. The summed E-state index contributed by atoms with van der Waals surface area (Å²) in [4.78, 5) is 8.14. The second-order valence-corrected chi connectivity index (χ2v) is 2.50. The van der Waals surface area contributed by atoms with Crippen molar-refractivity contribution in [2.45, 2.75) is 25.7 Å². The first-order chi connectivity index (χ1) is 5.42. The summed E-state index contributed by atoms with van der Waals surface area (Å²) in [5.41, 5.74) is 1.03. The Morgan fingerprint density at radius 3 is 3.36 bits per heavy atom. The zero-order valence-corrected chi connectivity index (χ0v) is 6.36. The van der Waals surface area contributed by atoms with E-state index in [1.807, 2.05) is 0 Å². The largest absolute Gasteiger partial charge is 0.341 e. The van der Waals surface area contributed by atoms with E-state index in [0.717, 1.165) is 12.1 Å². The van der Waals surface area contributed by atoms with Crippen molar-refractivity contribution in [3.8, 4) is 0 Å². The van der Waals surface area contributed by atoms with Crippen molar-refractivity contribution in [3.05, 3.63) is 0 Å². The van der Waals surface area contributed by atoms with Crippen LogP contribution < -0.4 is 0 Å². The highest BCUT2D eigenvalue weighted by molar-refractivity contribution is 5.95. The van der Waals surface area contributed by atoms with E-state index in [2.05, 4.69) is 16.9 Å². The molecule has 2 rings (SSSR count). The van der Waals surface area contributed by atoms with Crippen LogP contribution >= 0.6 is 0 Å². The van der Waals surface area contributed by atoms with Crippen LogP contribution in [0.5, 0.6) is 0 Å². The summed E-state index contributed by atoms with van der Waals surface area (Å²) in [7, 11) is 0. The fourth-order valence-corrected chi connectivity index (χ4v) is 1.27. The van der Waals surface area contributed by atoms with Crippen LogP contribution in [0.1, 0.15) is 13.3 Å². The summed E-state index contributed by atoms with van der Waals surface area (Å²) < 4.78 is 10.5. The van der Waals surface area contributed by atoms with Gasteiger partial charge in [0.25, 0.3) is 0 Å². The number of ether oxygens (including phenoxy) is 2. The molecule has 1 fully saturated rings. The molecule has 0 aliphatic carbocycles. The molecular weight excluding hydrogens is 144 g/mol. The van der Waals surface area contributed by atoms with E-state index in [1.165, 1.54) is 0 Å². The van der Waals surface area contributed by atoms with Gasteiger partial charge in [-0.25, -0.2) is 9.98 Å². The standard InChI is InChI=1S/C7H10N2O2/c1-2-5-6-7(9-3-8-5)11-4-10-6/h3,6-7H,2,4H2,1H3. The third-order valence-electron chi connectivity index (χ3n) is 1.87. The van der Waals surface area contributed by atoms with Crippen LogP contribution in [-0.4, -0.2) is 31.2 Å². The van der Waals surface area contributed by atoms with Crippen LogP contribution in [0.3, 0.4) is 0 Å². The highest BCUT2D eigenvalue weighted by Crippen LogP contribution is 2.19. The van der Waals surface area contributed by atoms with Crippen molar-refractivity contribution >= 4 is 12.1 Å². The van der Waals surface area contributed by atoms with Crippen molar-refractivity contribution in [2.75, 3.05) is 6.79 Å². The third-order valence-corrected chi connectivity index (χ3v) is 1.87. The average molecular weight is 154 g/mol. The maximum absolute atomic E-state index is 5.29. The molecule has 11 heavy (non-hydrogen) atoms. The smallest absolute Gasteiger partial charge is 0.184 e. The molecule has 0 aromatic carbocycles. The van der Waals surface area contributed by atoms with Gasteiger partial charge in [-0.15, -0.1) is 0 Å². The van der Waals surface area contributed by atoms with Crippen molar-refractivity contribution in [1.82, 2.24) is 0 Å².